The van der Waals surface area contributed by atoms with Crippen LogP contribution in [-0.2, 0) is 4.79 Å². The van der Waals surface area contributed by atoms with E-state index in [0.717, 1.165) is 23.9 Å². The number of ether oxygens (including phenoxy) is 1. The van der Waals surface area contributed by atoms with Crippen LogP contribution in [0.25, 0.3) is 0 Å². The molecule has 2 aromatic carbocycles. The number of carbonyl (C=O) groups excluding carboxylic acids is 1. The molecular weight excluding hydrogens is 334 g/mol. The third-order valence-corrected chi connectivity index (χ3v) is 4.14. The van der Waals surface area contributed by atoms with Crippen LogP contribution in [0.5, 0.6) is 5.75 Å². The van der Waals surface area contributed by atoms with Crippen molar-refractivity contribution in [2.45, 2.75) is 10.9 Å². The van der Waals surface area contributed by atoms with Crippen LogP contribution in [0, 0.1) is 23.0 Å². The Labute approximate surface area is 142 Å². The number of halogens is 2. The zero-order chi connectivity index (χ0) is 17.5. The minimum atomic E-state index is -0.968. The Kier molecular flexibility index (Phi) is 6.15. The number of hydrogen-bond acceptors (Lipinski definition) is 4. The fourth-order valence-corrected chi connectivity index (χ4v) is 2.73. The smallest absolute Gasteiger partial charge is 0.231 e. The first-order valence-electron chi connectivity index (χ1n) is 6.95. The van der Waals surface area contributed by atoms with Crippen LogP contribution in [0.2, 0.25) is 0 Å². The molecule has 0 saturated carbocycles. The molecule has 7 heteroatoms. The van der Waals surface area contributed by atoms with Crippen LogP contribution in [-0.4, -0.2) is 18.8 Å². The van der Waals surface area contributed by atoms with Crippen LogP contribution in [0.15, 0.2) is 47.4 Å². The van der Waals surface area contributed by atoms with Crippen molar-refractivity contribution >= 4 is 17.7 Å². The van der Waals surface area contributed by atoms with Gasteiger partial charge in [0.05, 0.1) is 18.9 Å². The average molecular weight is 348 g/mol. The summed E-state index contributed by atoms with van der Waals surface area (Å²) in [5, 5.41) is 11.9. The lowest BCUT2D eigenvalue weighted by molar-refractivity contribution is -0.118. The maximum Gasteiger partial charge on any atom is 0.231 e. The number of rotatable bonds is 6. The summed E-state index contributed by atoms with van der Waals surface area (Å²) in [5.41, 5.74) is 0.550. The number of benzene rings is 2. The first-order chi connectivity index (χ1) is 11.5. The van der Waals surface area contributed by atoms with Crippen LogP contribution < -0.4 is 10.1 Å². The standard InChI is InChI=1S/C17H14F2N2O2S/c1-23-16-5-3-2-4-12(16)15(9-20)21-17(22)10-24-11-6-7-13(18)14(19)8-11/h2-8,15H,10H2,1H3,(H,21,22). The lowest BCUT2D eigenvalue weighted by Crippen LogP contribution is -2.29. The van der Waals surface area contributed by atoms with Crippen LogP contribution in [0.3, 0.4) is 0 Å². The largest absolute Gasteiger partial charge is 0.496 e. The van der Waals surface area contributed by atoms with Crippen LogP contribution >= 0.6 is 11.8 Å². The van der Waals surface area contributed by atoms with Crippen molar-refractivity contribution in [3.8, 4) is 11.8 Å². The predicted octanol–water partition coefficient (Wildman–Crippen LogP) is 3.45. The number of thioether (sulfide) groups is 1. The fraction of sp³-hybridized carbons (Fsp3) is 0.176. The molecule has 0 aliphatic carbocycles. The van der Waals surface area contributed by atoms with Crippen molar-refractivity contribution in [1.82, 2.24) is 5.32 Å². The number of carbonyl (C=O) groups is 1. The molecule has 0 radical (unpaired) electrons. The van der Waals surface area contributed by atoms with Gasteiger partial charge in [-0.3, -0.25) is 4.79 Å². The molecule has 1 amide bonds. The second-order valence-electron chi connectivity index (χ2n) is 4.74. The molecule has 0 aliphatic rings. The van der Waals surface area contributed by atoms with Crippen molar-refractivity contribution in [2.24, 2.45) is 0 Å². The topological polar surface area (TPSA) is 62.1 Å². The Morgan fingerprint density at radius 2 is 2.04 bits per heavy atom. The van der Waals surface area contributed by atoms with E-state index < -0.39 is 23.6 Å². The maximum absolute atomic E-state index is 13.1. The van der Waals surface area contributed by atoms with Crippen LogP contribution in [0.4, 0.5) is 8.78 Å². The molecule has 0 aliphatic heterocycles. The number of nitriles is 1. The first-order valence-corrected chi connectivity index (χ1v) is 7.93. The predicted molar refractivity (Wildman–Crippen MR) is 86.6 cm³/mol. The zero-order valence-electron chi connectivity index (χ0n) is 12.8. The molecule has 0 heterocycles. The molecule has 2 rings (SSSR count). The third kappa shape index (κ3) is 4.46. The lowest BCUT2D eigenvalue weighted by atomic mass is 10.1. The summed E-state index contributed by atoms with van der Waals surface area (Å²) in [5.74, 6) is -1.84. The summed E-state index contributed by atoms with van der Waals surface area (Å²) in [4.78, 5) is 12.4. The van der Waals surface area contributed by atoms with E-state index in [0.29, 0.717) is 16.2 Å². The highest BCUT2D eigenvalue weighted by atomic mass is 32.2. The monoisotopic (exact) mass is 348 g/mol. The molecule has 0 fully saturated rings. The summed E-state index contributed by atoms with van der Waals surface area (Å²) in [6, 6.07) is 11.4. The summed E-state index contributed by atoms with van der Waals surface area (Å²) < 4.78 is 31.2. The average Bonchev–Trinajstić information content (AvgIpc) is 2.60. The van der Waals surface area contributed by atoms with Gasteiger partial charge in [0.1, 0.15) is 11.8 Å². The van der Waals surface area contributed by atoms with Gasteiger partial charge in [0.25, 0.3) is 0 Å². The van der Waals surface area contributed by atoms with E-state index in [1.165, 1.54) is 13.2 Å². The van der Waals surface area contributed by atoms with Crippen molar-refractivity contribution < 1.29 is 18.3 Å². The van der Waals surface area contributed by atoms with Gasteiger partial charge in [-0.25, -0.2) is 8.78 Å². The molecule has 124 valence electrons. The second-order valence-corrected chi connectivity index (χ2v) is 5.78. The minimum absolute atomic E-state index is 0.0294. The van der Waals surface area contributed by atoms with Gasteiger partial charge in [-0.05, 0) is 24.3 Å². The normalized spacial score (nSPS) is 11.4. The van der Waals surface area contributed by atoms with Crippen molar-refractivity contribution in [3.63, 3.8) is 0 Å². The van der Waals surface area contributed by atoms with E-state index in [2.05, 4.69) is 5.32 Å². The molecule has 1 unspecified atom stereocenters. The molecular formula is C17H14F2N2O2S. The Morgan fingerprint density at radius 1 is 1.29 bits per heavy atom. The molecule has 0 bridgehead atoms. The van der Waals surface area contributed by atoms with E-state index in [-0.39, 0.29) is 5.75 Å². The van der Waals surface area contributed by atoms with E-state index >= 15 is 0 Å². The number of nitrogens with one attached hydrogen (secondary N) is 1. The maximum atomic E-state index is 13.1. The summed E-state index contributed by atoms with van der Waals surface area (Å²) in [6.07, 6.45) is 0. The SMILES string of the molecule is COc1ccccc1C(C#N)NC(=O)CSc1ccc(F)c(F)c1. The number of methoxy groups -OCH3 is 1. The van der Waals surface area contributed by atoms with Crippen molar-refractivity contribution in [2.75, 3.05) is 12.9 Å². The zero-order valence-corrected chi connectivity index (χ0v) is 13.6. The molecule has 24 heavy (non-hydrogen) atoms. The molecule has 0 aromatic heterocycles. The molecule has 2 aromatic rings. The third-order valence-electron chi connectivity index (χ3n) is 3.15. The first kappa shape index (κ1) is 17.8. The summed E-state index contributed by atoms with van der Waals surface area (Å²) in [7, 11) is 1.48. The summed E-state index contributed by atoms with van der Waals surface area (Å²) >= 11 is 1.05. The minimum Gasteiger partial charge on any atom is -0.496 e. The Hall–Kier alpha value is -2.59. The van der Waals surface area contributed by atoms with E-state index in [4.69, 9.17) is 4.74 Å². The van der Waals surface area contributed by atoms with Gasteiger partial charge >= 0.3 is 0 Å². The number of para-hydroxylation sites is 1. The van der Waals surface area contributed by atoms with Crippen LogP contribution in [0.1, 0.15) is 11.6 Å². The van der Waals surface area contributed by atoms with Gasteiger partial charge in [-0.1, -0.05) is 18.2 Å². The highest BCUT2D eigenvalue weighted by Gasteiger charge is 2.17. The van der Waals surface area contributed by atoms with Gasteiger partial charge in [0.15, 0.2) is 11.6 Å². The summed E-state index contributed by atoms with van der Waals surface area (Å²) in [6.45, 7) is 0. The molecule has 4 nitrogen and oxygen atoms in total. The Morgan fingerprint density at radius 3 is 2.71 bits per heavy atom. The molecule has 0 saturated heterocycles. The Balaban J connectivity index is 1.99. The molecule has 0 spiro atoms. The number of hydrogen-bond donors (Lipinski definition) is 1. The van der Waals surface area contributed by atoms with E-state index in [1.54, 1.807) is 24.3 Å². The Bertz CT molecular complexity index is 777. The lowest BCUT2D eigenvalue weighted by Gasteiger charge is -2.15. The van der Waals surface area contributed by atoms with Gasteiger partial charge in [-0.15, -0.1) is 11.8 Å². The highest BCUT2D eigenvalue weighted by Crippen LogP contribution is 2.25. The van der Waals surface area contributed by atoms with Gasteiger partial charge in [0.2, 0.25) is 5.91 Å². The van der Waals surface area contributed by atoms with Gasteiger partial charge in [0, 0.05) is 10.5 Å². The number of amides is 1. The van der Waals surface area contributed by atoms with E-state index in [1.807, 2.05) is 6.07 Å². The molecule has 1 N–H and O–H groups in total. The van der Waals surface area contributed by atoms with Gasteiger partial charge in [-0.2, -0.15) is 5.26 Å². The van der Waals surface area contributed by atoms with Crippen molar-refractivity contribution in [3.05, 3.63) is 59.7 Å². The molecule has 1 atom stereocenters. The van der Waals surface area contributed by atoms with E-state index in [9.17, 15) is 18.8 Å². The highest BCUT2D eigenvalue weighted by molar-refractivity contribution is 8.00. The van der Waals surface area contributed by atoms with Gasteiger partial charge < -0.3 is 10.1 Å². The number of nitrogens with zero attached hydrogens (tertiary/aromatic N) is 1. The quantitative estimate of drug-likeness (QED) is 0.812. The second kappa shape index (κ2) is 8.31. The van der Waals surface area contributed by atoms with Crippen molar-refractivity contribution in [1.29, 1.82) is 5.26 Å². The fourth-order valence-electron chi connectivity index (χ4n) is 2.00.